The number of nitrogens with one attached hydrogen (secondary N) is 1. The fraction of sp³-hybridized carbons (Fsp3) is 0.500. The van der Waals surface area contributed by atoms with E-state index in [0.717, 1.165) is 6.42 Å². The zero-order valence-corrected chi connectivity index (χ0v) is 11.2. The predicted molar refractivity (Wildman–Crippen MR) is 74.3 cm³/mol. The number of fused-ring (bicyclic) bond motifs is 1. The van der Waals surface area contributed by atoms with Gasteiger partial charge in [-0.2, -0.15) is 0 Å². The molecule has 0 unspecified atom stereocenters. The van der Waals surface area contributed by atoms with Crippen LogP contribution in [-0.4, -0.2) is 6.04 Å². The van der Waals surface area contributed by atoms with Crippen molar-refractivity contribution in [3.8, 4) is 0 Å². The Morgan fingerprint density at radius 3 is 2.88 bits per heavy atom. The maximum Gasteiger partial charge on any atom is 0.0297 e. The molecule has 1 N–H and O–H groups in total. The summed E-state index contributed by atoms with van der Waals surface area (Å²) in [4.78, 5) is 0. The van der Waals surface area contributed by atoms with Gasteiger partial charge in [-0.25, -0.2) is 0 Å². The maximum atomic E-state index is 4.04. The van der Waals surface area contributed by atoms with E-state index in [-0.39, 0.29) is 0 Å². The molecule has 2 rings (SSSR count). The van der Waals surface area contributed by atoms with Crippen LogP contribution < -0.4 is 5.32 Å². The van der Waals surface area contributed by atoms with Gasteiger partial charge in [0.15, 0.2) is 0 Å². The Morgan fingerprint density at radius 2 is 2.24 bits per heavy atom. The summed E-state index contributed by atoms with van der Waals surface area (Å²) in [6.07, 6.45) is 3.39. The molecular formula is C16H23N. The lowest BCUT2D eigenvalue weighted by molar-refractivity contribution is 0.410. The zero-order chi connectivity index (χ0) is 12.4. The van der Waals surface area contributed by atoms with E-state index in [1.54, 1.807) is 5.56 Å². The van der Waals surface area contributed by atoms with Crippen molar-refractivity contribution in [1.29, 1.82) is 0 Å². The molecule has 1 aliphatic heterocycles. The van der Waals surface area contributed by atoms with Gasteiger partial charge in [0.25, 0.3) is 0 Å². The minimum Gasteiger partial charge on any atom is -0.307 e. The molecule has 1 heterocycles. The van der Waals surface area contributed by atoms with E-state index in [1.165, 1.54) is 29.5 Å². The second-order valence-electron chi connectivity index (χ2n) is 5.32. The zero-order valence-electron chi connectivity index (χ0n) is 11.2. The van der Waals surface area contributed by atoms with Crippen molar-refractivity contribution in [3.05, 3.63) is 47.0 Å². The maximum absolute atomic E-state index is 4.04. The normalized spacial score (nSPS) is 23.2. The Kier molecular flexibility index (Phi) is 3.68. The van der Waals surface area contributed by atoms with Crippen LogP contribution in [0.2, 0.25) is 0 Å². The van der Waals surface area contributed by atoms with Crippen LogP contribution in [0.3, 0.4) is 0 Å². The molecule has 1 nitrogen and oxygen atoms in total. The van der Waals surface area contributed by atoms with Gasteiger partial charge in [0.05, 0.1) is 0 Å². The molecule has 1 aromatic carbocycles. The highest BCUT2D eigenvalue weighted by Crippen LogP contribution is 2.29. The van der Waals surface area contributed by atoms with Crippen molar-refractivity contribution in [1.82, 2.24) is 5.32 Å². The molecule has 0 radical (unpaired) electrons. The molecular weight excluding hydrogens is 206 g/mol. The highest BCUT2D eigenvalue weighted by atomic mass is 15.0. The summed E-state index contributed by atoms with van der Waals surface area (Å²) in [6, 6.07) is 7.82. The van der Waals surface area contributed by atoms with Crippen molar-refractivity contribution >= 4 is 0 Å². The van der Waals surface area contributed by atoms with Crippen LogP contribution in [0.15, 0.2) is 30.4 Å². The fourth-order valence-corrected chi connectivity index (χ4v) is 2.81. The SMILES string of the molecule is C=C(C)Cc1cccc2c1C[C@H](CC)N[C@H]2C. The lowest BCUT2D eigenvalue weighted by Crippen LogP contribution is -2.38. The summed E-state index contributed by atoms with van der Waals surface area (Å²) < 4.78 is 0. The average molecular weight is 229 g/mol. The molecule has 0 spiro atoms. The quantitative estimate of drug-likeness (QED) is 0.778. The van der Waals surface area contributed by atoms with Gasteiger partial charge in [0.2, 0.25) is 0 Å². The van der Waals surface area contributed by atoms with Gasteiger partial charge in [-0.15, -0.1) is 0 Å². The molecule has 1 aromatic rings. The minimum absolute atomic E-state index is 0.480. The van der Waals surface area contributed by atoms with Crippen LogP contribution in [-0.2, 0) is 12.8 Å². The largest absolute Gasteiger partial charge is 0.307 e. The molecule has 0 aliphatic carbocycles. The Balaban J connectivity index is 2.38. The molecule has 0 saturated heterocycles. The molecule has 92 valence electrons. The lowest BCUT2D eigenvalue weighted by Gasteiger charge is -2.32. The number of allylic oxidation sites excluding steroid dienone is 1. The van der Waals surface area contributed by atoms with Crippen molar-refractivity contribution in [3.63, 3.8) is 0 Å². The Hall–Kier alpha value is -1.08. The van der Waals surface area contributed by atoms with Crippen molar-refractivity contribution in [2.45, 2.75) is 52.1 Å². The van der Waals surface area contributed by atoms with Crippen LogP contribution in [0.5, 0.6) is 0 Å². The van der Waals surface area contributed by atoms with Crippen molar-refractivity contribution < 1.29 is 0 Å². The monoisotopic (exact) mass is 229 g/mol. The Bertz CT molecular complexity index is 420. The van der Waals surface area contributed by atoms with Crippen molar-refractivity contribution in [2.75, 3.05) is 0 Å². The summed E-state index contributed by atoms with van der Waals surface area (Å²) >= 11 is 0. The van der Waals surface area contributed by atoms with Gasteiger partial charge in [-0.1, -0.05) is 37.3 Å². The Morgan fingerprint density at radius 1 is 1.47 bits per heavy atom. The third-order valence-corrected chi connectivity index (χ3v) is 3.70. The van der Waals surface area contributed by atoms with Gasteiger partial charge >= 0.3 is 0 Å². The summed E-state index contributed by atoms with van der Waals surface area (Å²) in [7, 11) is 0. The van der Waals surface area contributed by atoms with Gasteiger partial charge in [0, 0.05) is 12.1 Å². The summed E-state index contributed by atoms with van der Waals surface area (Å²) in [5, 5.41) is 3.68. The summed E-state index contributed by atoms with van der Waals surface area (Å²) in [5.74, 6) is 0. The highest BCUT2D eigenvalue weighted by molar-refractivity contribution is 5.41. The number of hydrogen-bond donors (Lipinski definition) is 1. The molecule has 2 atom stereocenters. The molecule has 17 heavy (non-hydrogen) atoms. The van der Waals surface area contributed by atoms with E-state index in [4.69, 9.17) is 0 Å². The highest BCUT2D eigenvalue weighted by Gasteiger charge is 2.23. The number of hydrogen-bond acceptors (Lipinski definition) is 1. The first-order valence-corrected chi connectivity index (χ1v) is 6.63. The summed E-state index contributed by atoms with van der Waals surface area (Å²) in [6.45, 7) is 10.7. The van der Waals surface area contributed by atoms with Crippen LogP contribution in [0.1, 0.15) is 49.9 Å². The van der Waals surface area contributed by atoms with Gasteiger partial charge in [-0.05, 0) is 49.8 Å². The first-order chi connectivity index (χ1) is 8.11. The van der Waals surface area contributed by atoms with E-state index >= 15 is 0 Å². The average Bonchev–Trinajstić information content (AvgIpc) is 2.29. The molecule has 0 bridgehead atoms. The molecule has 1 aliphatic rings. The number of rotatable bonds is 3. The van der Waals surface area contributed by atoms with E-state index in [9.17, 15) is 0 Å². The van der Waals surface area contributed by atoms with E-state index in [0.29, 0.717) is 12.1 Å². The van der Waals surface area contributed by atoms with Crippen molar-refractivity contribution in [2.24, 2.45) is 0 Å². The lowest BCUT2D eigenvalue weighted by atomic mass is 9.85. The minimum atomic E-state index is 0.480. The van der Waals surface area contributed by atoms with E-state index in [2.05, 4.69) is 50.9 Å². The van der Waals surface area contributed by atoms with Crippen LogP contribution in [0, 0.1) is 0 Å². The first kappa shape index (κ1) is 12.4. The number of benzene rings is 1. The van der Waals surface area contributed by atoms with Crippen LogP contribution in [0.25, 0.3) is 0 Å². The third kappa shape index (κ3) is 2.61. The summed E-state index contributed by atoms with van der Waals surface area (Å²) in [5.41, 5.74) is 5.77. The van der Waals surface area contributed by atoms with Gasteiger partial charge in [-0.3, -0.25) is 0 Å². The molecule has 0 saturated carbocycles. The second-order valence-corrected chi connectivity index (χ2v) is 5.32. The fourth-order valence-electron chi connectivity index (χ4n) is 2.81. The van der Waals surface area contributed by atoms with E-state index in [1.807, 2.05) is 0 Å². The topological polar surface area (TPSA) is 12.0 Å². The molecule has 0 fully saturated rings. The smallest absolute Gasteiger partial charge is 0.0297 e. The third-order valence-electron chi connectivity index (χ3n) is 3.70. The predicted octanol–water partition coefficient (Wildman–Crippen LogP) is 3.79. The second kappa shape index (κ2) is 5.05. The van der Waals surface area contributed by atoms with Crippen LogP contribution in [0.4, 0.5) is 0 Å². The Labute approximate surface area is 105 Å². The van der Waals surface area contributed by atoms with Crippen LogP contribution >= 0.6 is 0 Å². The van der Waals surface area contributed by atoms with Gasteiger partial charge in [0.1, 0.15) is 0 Å². The standard InChI is InChI=1S/C16H23N/c1-5-14-10-16-13(9-11(2)3)7-6-8-15(16)12(4)17-14/h6-8,12,14,17H,2,5,9-10H2,1,3-4H3/t12-,14-/m0/s1. The van der Waals surface area contributed by atoms with E-state index < -0.39 is 0 Å². The first-order valence-electron chi connectivity index (χ1n) is 6.63. The molecule has 1 heteroatoms. The van der Waals surface area contributed by atoms with Gasteiger partial charge < -0.3 is 5.32 Å². The molecule has 0 aromatic heterocycles. The molecule has 0 amide bonds.